The first kappa shape index (κ1) is 54.3. The second-order valence-corrected chi connectivity index (χ2v) is 16.9. The lowest BCUT2D eigenvalue weighted by atomic mass is 10.00. The Bertz CT molecular complexity index is 2010. The smallest absolute Gasteiger partial charge is 0.308 e. The number of anilines is 1. The fourth-order valence-electron chi connectivity index (χ4n) is 7.83. The summed E-state index contributed by atoms with van der Waals surface area (Å²) in [5, 5.41) is 37.9. The van der Waals surface area contributed by atoms with Gasteiger partial charge < -0.3 is 19.3 Å². The third kappa shape index (κ3) is 18.1. The molecule has 66 heavy (non-hydrogen) atoms. The van der Waals surface area contributed by atoms with Crippen LogP contribution in [0.3, 0.4) is 0 Å². The van der Waals surface area contributed by atoms with E-state index in [2.05, 4.69) is 55.0 Å². The number of azo groups is 1. The van der Waals surface area contributed by atoms with Gasteiger partial charge in [0.2, 0.25) is 0 Å². The Hall–Kier alpha value is -6.06. The molecule has 0 fully saturated rings. The van der Waals surface area contributed by atoms with E-state index in [1.807, 2.05) is 61.5 Å². The highest BCUT2D eigenvalue weighted by Gasteiger charge is 2.36. The molecule has 2 aromatic rings. The van der Waals surface area contributed by atoms with E-state index in [1.54, 1.807) is 12.2 Å². The minimum absolute atomic E-state index is 0.00935. The van der Waals surface area contributed by atoms with Crippen molar-refractivity contribution < 1.29 is 23.9 Å². The Labute approximate surface area is 395 Å². The van der Waals surface area contributed by atoms with Crippen molar-refractivity contribution in [1.82, 2.24) is 4.90 Å². The lowest BCUT2D eigenvalue weighted by Gasteiger charge is -2.25. The molecule has 2 atom stereocenters. The third-order valence-corrected chi connectivity index (χ3v) is 12.0. The van der Waals surface area contributed by atoms with Crippen LogP contribution in [0.15, 0.2) is 87.3 Å². The molecule has 1 heterocycles. The molecule has 3 rings (SSSR count). The maximum absolute atomic E-state index is 13.3. The normalized spacial score (nSPS) is 13.5. The molecule has 12 nitrogen and oxygen atoms in total. The summed E-state index contributed by atoms with van der Waals surface area (Å²) in [5.41, 5.74) is 3.23. The minimum atomic E-state index is -0.405. The van der Waals surface area contributed by atoms with Gasteiger partial charge in [-0.15, -0.1) is 0 Å². The van der Waals surface area contributed by atoms with Crippen molar-refractivity contribution in [3.8, 4) is 18.2 Å². The van der Waals surface area contributed by atoms with E-state index in [0.717, 1.165) is 133 Å². The van der Waals surface area contributed by atoms with Crippen molar-refractivity contribution in [2.24, 2.45) is 22.1 Å². The first-order valence-electron chi connectivity index (χ1n) is 24.6. The van der Waals surface area contributed by atoms with Crippen LogP contribution in [0.1, 0.15) is 156 Å². The zero-order valence-corrected chi connectivity index (χ0v) is 40.4. The van der Waals surface area contributed by atoms with Gasteiger partial charge in [-0.1, -0.05) is 97.8 Å². The highest BCUT2D eigenvalue weighted by molar-refractivity contribution is 6.05. The molecule has 0 aromatic heterocycles. The molecular formula is C54H73N7O5. The zero-order chi connectivity index (χ0) is 47.9. The van der Waals surface area contributed by atoms with Gasteiger partial charge >= 0.3 is 11.9 Å². The zero-order valence-electron chi connectivity index (χ0n) is 40.4. The maximum atomic E-state index is 13.3. The Morgan fingerprint density at radius 3 is 1.59 bits per heavy atom. The van der Waals surface area contributed by atoms with E-state index in [4.69, 9.17) is 9.47 Å². The lowest BCUT2D eigenvalue weighted by molar-refractivity contribution is -0.150. The molecule has 1 amide bonds. The van der Waals surface area contributed by atoms with Crippen LogP contribution in [0.5, 0.6) is 0 Å². The summed E-state index contributed by atoms with van der Waals surface area (Å²) in [6.45, 7) is 13.5. The van der Waals surface area contributed by atoms with Crippen LogP contribution < -0.4 is 4.90 Å². The summed E-state index contributed by atoms with van der Waals surface area (Å²) in [4.78, 5) is 42.1. The number of unbranched alkanes of at least 4 members (excludes halogenated alkanes) is 9. The summed E-state index contributed by atoms with van der Waals surface area (Å²) in [6, 6.07) is 21.1. The first-order chi connectivity index (χ1) is 32.2. The number of allylic oxidation sites excluding steroid dienone is 2. The van der Waals surface area contributed by atoms with Crippen LogP contribution in [0, 0.1) is 45.8 Å². The highest BCUT2D eigenvalue weighted by Crippen LogP contribution is 2.33. The van der Waals surface area contributed by atoms with Crippen molar-refractivity contribution in [2.75, 3.05) is 37.7 Å². The topological polar surface area (TPSA) is 172 Å². The van der Waals surface area contributed by atoms with E-state index in [9.17, 15) is 30.2 Å². The molecule has 12 heteroatoms. The van der Waals surface area contributed by atoms with Gasteiger partial charge in [-0.05, 0) is 119 Å². The minimum Gasteiger partial charge on any atom is -0.465 e. The third-order valence-electron chi connectivity index (χ3n) is 12.0. The number of hydrogen-bond donors (Lipinski definition) is 0. The Morgan fingerprint density at radius 1 is 0.652 bits per heavy atom. The second-order valence-electron chi connectivity index (χ2n) is 16.9. The molecule has 1 aliphatic heterocycles. The molecule has 1 aliphatic rings. The number of carbonyl (C=O) groups is 3. The Morgan fingerprint density at radius 2 is 1.14 bits per heavy atom. The van der Waals surface area contributed by atoms with E-state index in [1.165, 1.54) is 4.90 Å². The monoisotopic (exact) mass is 900 g/mol. The van der Waals surface area contributed by atoms with Gasteiger partial charge in [0.1, 0.15) is 18.2 Å². The molecule has 0 radical (unpaired) electrons. The number of carbonyl (C=O) groups excluding carboxylic acids is 3. The van der Waals surface area contributed by atoms with Crippen molar-refractivity contribution in [1.29, 1.82) is 15.8 Å². The molecule has 354 valence electrons. The number of nitrogens with zero attached hydrogens (tertiary/aromatic N) is 7. The van der Waals surface area contributed by atoms with Crippen molar-refractivity contribution >= 4 is 41.0 Å². The molecule has 2 unspecified atom stereocenters. The van der Waals surface area contributed by atoms with E-state index in [-0.39, 0.29) is 46.2 Å². The van der Waals surface area contributed by atoms with Gasteiger partial charge in [-0.25, -0.2) is 0 Å². The molecule has 2 aromatic carbocycles. The van der Waals surface area contributed by atoms with Crippen LogP contribution in [0.2, 0.25) is 0 Å². The summed E-state index contributed by atoms with van der Waals surface area (Å²) in [7, 11) is 0. The average Bonchev–Trinajstić information content (AvgIpc) is 3.60. The van der Waals surface area contributed by atoms with Gasteiger partial charge in [0.05, 0.1) is 53.3 Å². The maximum Gasteiger partial charge on any atom is 0.308 e. The molecule has 0 saturated heterocycles. The number of amides is 1. The van der Waals surface area contributed by atoms with Crippen LogP contribution >= 0.6 is 0 Å². The van der Waals surface area contributed by atoms with Gasteiger partial charge in [-0.2, -0.15) is 26.0 Å². The van der Waals surface area contributed by atoms with Crippen molar-refractivity contribution in [2.45, 2.75) is 150 Å². The number of esters is 2. The standard InChI is InChI=1S/C54H73N7O5/c1-6-11-22-43(9-4)53(63)65-37-20-16-14-18-34-60(35-19-15-17-21-38-66-54(64)44(10-5)23-12-7-2)48-31-29-47(30-32-48)59-58-46-27-24-42(25-28-46)26-33-49-50(41-57)51(45(39-55)40-56)61(52(49)62)36-13-8-3/h24-33,43-44H,6-23,34-38H2,1-5H3/b33-26+,59-58?. The van der Waals surface area contributed by atoms with Crippen LogP contribution in [0.4, 0.5) is 17.1 Å². The highest BCUT2D eigenvalue weighted by atomic mass is 16.5. The Balaban J connectivity index is 1.61. The predicted octanol–water partition coefficient (Wildman–Crippen LogP) is 13.3. The van der Waals surface area contributed by atoms with Gasteiger partial charge in [0.15, 0.2) is 5.57 Å². The fourth-order valence-corrected chi connectivity index (χ4v) is 7.83. The molecule has 0 bridgehead atoms. The lowest BCUT2D eigenvalue weighted by Crippen LogP contribution is -2.27. The number of benzene rings is 2. The van der Waals surface area contributed by atoms with Crippen molar-refractivity contribution in [3.63, 3.8) is 0 Å². The molecule has 0 aliphatic carbocycles. The van der Waals surface area contributed by atoms with E-state index < -0.39 is 5.91 Å². The quantitative estimate of drug-likeness (QED) is 0.0300. The average molecular weight is 900 g/mol. The summed E-state index contributed by atoms with van der Waals surface area (Å²) in [6.07, 6.45) is 20.3. The van der Waals surface area contributed by atoms with E-state index >= 15 is 0 Å². The molecule has 0 N–H and O–H groups in total. The number of nitriles is 3. The molecular weight excluding hydrogens is 827 g/mol. The second kappa shape index (κ2) is 31.8. The number of hydrogen-bond acceptors (Lipinski definition) is 11. The summed E-state index contributed by atoms with van der Waals surface area (Å²) >= 11 is 0. The SMILES string of the molecule is CCCCC(CC)C(=O)OCCCCCCN(CCCCCCOC(=O)C(CC)CCCC)c1ccc(N=Nc2ccc(/C=C/C3=C(C#N)C(=C(C#N)C#N)N(CCCC)C3=O)cc2)cc1. The molecule has 0 spiro atoms. The first-order valence-corrected chi connectivity index (χ1v) is 24.6. The van der Waals surface area contributed by atoms with Crippen LogP contribution in [-0.4, -0.2) is 55.6 Å². The number of rotatable bonds is 32. The van der Waals surface area contributed by atoms with Gasteiger partial charge in [0.25, 0.3) is 5.91 Å². The molecule has 0 saturated carbocycles. The Kier molecular flexibility index (Phi) is 26.1. The summed E-state index contributed by atoms with van der Waals surface area (Å²) in [5.74, 6) is -0.491. The van der Waals surface area contributed by atoms with E-state index in [0.29, 0.717) is 37.6 Å². The van der Waals surface area contributed by atoms with Crippen molar-refractivity contribution in [3.05, 3.63) is 82.6 Å². The number of ether oxygens (including phenoxy) is 2. The largest absolute Gasteiger partial charge is 0.465 e. The fraction of sp³-hybridized carbons (Fsp3) is 0.556. The van der Waals surface area contributed by atoms with Crippen LogP contribution in [0.25, 0.3) is 6.08 Å². The van der Waals surface area contributed by atoms with Crippen LogP contribution in [-0.2, 0) is 23.9 Å². The van der Waals surface area contributed by atoms with Gasteiger partial charge in [0, 0.05) is 25.3 Å². The summed E-state index contributed by atoms with van der Waals surface area (Å²) < 4.78 is 11.2. The van der Waals surface area contributed by atoms with Gasteiger partial charge in [-0.3, -0.25) is 14.4 Å². The predicted molar refractivity (Wildman–Crippen MR) is 261 cm³/mol.